The minimum Gasteiger partial charge on any atom is -0.497 e. The molecule has 0 amide bonds. The molecule has 0 spiro atoms. The molecule has 2 aromatic carbocycles. The van der Waals surface area contributed by atoms with Gasteiger partial charge in [0, 0.05) is 0 Å². The van der Waals surface area contributed by atoms with Gasteiger partial charge in [0.2, 0.25) is 0 Å². The van der Waals surface area contributed by atoms with Crippen LogP contribution >= 0.6 is 0 Å². The molecule has 0 bridgehead atoms. The van der Waals surface area contributed by atoms with Crippen LogP contribution in [0, 0.1) is 0 Å². The van der Waals surface area contributed by atoms with E-state index >= 15 is 0 Å². The lowest BCUT2D eigenvalue weighted by Crippen LogP contribution is -2.17. The Kier molecular flexibility index (Phi) is 5.42. The van der Waals surface area contributed by atoms with Crippen molar-refractivity contribution in [2.75, 3.05) is 20.8 Å². The number of methoxy groups -OCH3 is 2. The maximum Gasteiger partial charge on any atom is 0.317 e. The molecule has 0 saturated heterocycles. The second kappa shape index (κ2) is 7.50. The Morgan fingerprint density at radius 3 is 1.86 bits per heavy atom. The van der Waals surface area contributed by atoms with Gasteiger partial charge >= 0.3 is 5.97 Å². The molecule has 0 fully saturated rings. The lowest BCUT2D eigenvalue weighted by Gasteiger charge is -2.18. The first-order valence-electron chi connectivity index (χ1n) is 7.14. The maximum atomic E-state index is 12.4. The Labute approximate surface area is 130 Å². The van der Waals surface area contributed by atoms with Crippen LogP contribution in [0.25, 0.3) is 0 Å². The van der Waals surface area contributed by atoms with Crippen molar-refractivity contribution in [1.82, 2.24) is 0 Å². The van der Waals surface area contributed by atoms with Gasteiger partial charge in [-0.3, -0.25) is 4.79 Å². The number of esters is 1. The summed E-state index contributed by atoms with van der Waals surface area (Å²) in [5.74, 6) is 0.610. The van der Waals surface area contributed by atoms with Crippen molar-refractivity contribution in [3.05, 3.63) is 59.7 Å². The molecule has 22 heavy (non-hydrogen) atoms. The predicted molar refractivity (Wildman–Crippen MR) is 84.5 cm³/mol. The van der Waals surface area contributed by atoms with E-state index in [1.807, 2.05) is 48.5 Å². The summed E-state index contributed by atoms with van der Waals surface area (Å²) in [5.41, 5.74) is 1.65. The molecule has 0 atom stereocenters. The van der Waals surface area contributed by atoms with Gasteiger partial charge in [-0.2, -0.15) is 0 Å². The summed E-state index contributed by atoms with van der Waals surface area (Å²) in [7, 11) is 3.20. The van der Waals surface area contributed by atoms with E-state index in [0.29, 0.717) is 18.1 Å². The van der Waals surface area contributed by atoms with E-state index in [9.17, 15) is 4.79 Å². The summed E-state index contributed by atoms with van der Waals surface area (Å²) in [4.78, 5) is 12.4. The molecule has 4 nitrogen and oxygen atoms in total. The number of benzene rings is 2. The number of carbonyl (C=O) groups excluding carboxylic acids is 1. The Morgan fingerprint density at radius 1 is 0.955 bits per heavy atom. The molecule has 0 N–H and O–H groups in total. The number of hydrogen-bond acceptors (Lipinski definition) is 4. The summed E-state index contributed by atoms with van der Waals surface area (Å²) in [5, 5.41) is 0. The van der Waals surface area contributed by atoms with Gasteiger partial charge in [-0.25, -0.2) is 0 Å². The van der Waals surface area contributed by atoms with Gasteiger partial charge in [-0.15, -0.1) is 0 Å². The molecule has 0 aromatic heterocycles. The van der Waals surface area contributed by atoms with Crippen LogP contribution < -0.4 is 9.47 Å². The summed E-state index contributed by atoms with van der Waals surface area (Å²) in [6.07, 6.45) is 0. The van der Waals surface area contributed by atoms with E-state index in [-0.39, 0.29) is 5.97 Å². The van der Waals surface area contributed by atoms with Gasteiger partial charge in [-0.05, 0) is 42.3 Å². The van der Waals surface area contributed by atoms with Crippen molar-refractivity contribution < 1.29 is 19.0 Å². The highest BCUT2D eigenvalue weighted by Gasteiger charge is 2.25. The van der Waals surface area contributed by atoms with Crippen molar-refractivity contribution in [2.45, 2.75) is 12.8 Å². The number of carbonyl (C=O) groups is 1. The lowest BCUT2D eigenvalue weighted by atomic mass is 9.91. The van der Waals surface area contributed by atoms with Gasteiger partial charge in [0.05, 0.1) is 20.8 Å². The molecule has 2 rings (SSSR count). The number of hydrogen-bond donors (Lipinski definition) is 0. The topological polar surface area (TPSA) is 44.8 Å². The lowest BCUT2D eigenvalue weighted by molar-refractivity contribution is -0.143. The highest BCUT2D eigenvalue weighted by Crippen LogP contribution is 2.30. The molecule has 0 unspecified atom stereocenters. The summed E-state index contributed by atoms with van der Waals surface area (Å²) in [6, 6.07) is 14.9. The van der Waals surface area contributed by atoms with E-state index in [1.165, 1.54) is 0 Å². The average molecular weight is 300 g/mol. The van der Waals surface area contributed by atoms with Crippen molar-refractivity contribution in [1.29, 1.82) is 0 Å². The van der Waals surface area contributed by atoms with E-state index in [4.69, 9.17) is 14.2 Å². The largest absolute Gasteiger partial charge is 0.497 e. The first-order chi connectivity index (χ1) is 10.7. The Balaban J connectivity index is 2.47. The third-order valence-corrected chi connectivity index (χ3v) is 3.38. The molecule has 0 aliphatic rings. The van der Waals surface area contributed by atoms with E-state index in [1.54, 1.807) is 21.1 Å². The van der Waals surface area contributed by atoms with Crippen molar-refractivity contribution in [3.8, 4) is 11.5 Å². The number of ether oxygens (including phenoxy) is 3. The Hall–Kier alpha value is -2.49. The fraction of sp³-hybridized carbons (Fsp3) is 0.278. The zero-order valence-corrected chi connectivity index (χ0v) is 13.0. The van der Waals surface area contributed by atoms with Crippen molar-refractivity contribution in [2.24, 2.45) is 0 Å². The van der Waals surface area contributed by atoms with Crippen LogP contribution in [0.3, 0.4) is 0 Å². The average Bonchev–Trinajstić information content (AvgIpc) is 2.56. The minimum atomic E-state index is -0.509. The summed E-state index contributed by atoms with van der Waals surface area (Å²) < 4.78 is 15.7. The molecule has 116 valence electrons. The second-order valence-electron chi connectivity index (χ2n) is 4.74. The molecule has 0 radical (unpaired) electrons. The molecule has 0 aliphatic heterocycles. The zero-order chi connectivity index (χ0) is 15.9. The molecular formula is C18H20O4. The third kappa shape index (κ3) is 3.58. The highest BCUT2D eigenvalue weighted by molar-refractivity contribution is 5.82. The summed E-state index contributed by atoms with van der Waals surface area (Å²) in [6.45, 7) is 2.13. The molecule has 0 heterocycles. The standard InChI is InChI=1S/C18H20O4/c1-4-22-18(19)17(13-7-5-9-15(11-13)20-2)14-8-6-10-16(12-14)21-3/h5-12,17H,4H2,1-3H3. The van der Waals surface area contributed by atoms with Gasteiger partial charge in [0.1, 0.15) is 17.4 Å². The molecule has 0 saturated carbocycles. The van der Waals surface area contributed by atoms with E-state index in [2.05, 4.69) is 0 Å². The van der Waals surface area contributed by atoms with E-state index < -0.39 is 5.92 Å². The third-order valence-electron chi connectivity index (χ3n) is 3.38. The van der Waals surface area contributed by atoms with Gasteiger partial charge in [0.25, 0.3) is 0 Å². The quantitative estimate of drug-likeness (QED) is 0.767. The van der Waals surface area contributed by atoms with Gasteiger partial charge < -0.3 is 14.2 Å². The molecule has 4 heteroatoms. The minimum absolute atomic E-state index is 0.288. The SMILES string of the molecule is CCOC(=O)C(c1cccc(OC)c1)c1cccc(OC)c1. The van der Waals surface area contributed by atoms with Crippen LogP contribution in [0.5, 0.6) is 11.5 Å². The Bertz CT molecular complexity index is 589. The molecular weight excluding hydrogens is 280 g/mol. The van der Waals surface area contributed by atoms with E-state index in [0.717, 1.165) is 11.1 Å². The summed E-state index contributed by atoms with van der Waals surface area (Å²) >= 11 is 0. The molecule has 2 aromatic rings. The van der Waals surface area contributed by atoms with Crippen molar-refractivity contribution >= 4 is 5.97 Å². The fourth-order valence-corrected chi connectivity index (χ4v) is 2.33. The predicted octanol–water partition coefficient (Wildman–Crippen LogP) is 3.40. The Morgan fingerprint density at radius 2 is 1.45 bits per heavy atom. The maximum absolute atomic E-state index is 12.4. The number of rotatable bonds is 6. The van der Waals surface area contributed by atoms with Crippen LogP contribution in [0.4, 0.5) is 0 Å². The highest BCUT2D eigenvalue weighted by atomic mass is 16.5. The smallest absolute Gasteiger partial charge is 0.317 e. The van der Waals surface area contributed by atoms with Crippen LogP contribution in [0.2, 0.25) is 0 Å². The van der Waals surface area contributed by atoms with Gasteiger partial charge in [-0.1, -0.05) is 24.3 Å². The zero-order valence-electron chi connectivity index (χ0n) is 13.0. The normalized spacial score (nSPS) is 10.4. The van der Waals surface area contributed by atoms with Crippen LogP contribution in [-0.4, -0.2) is 26.8 Å². The van der Waals surface area contributed by atoms with Crippen LogP contribution in [-0.2, 0) is 9.53 Å². The first-order valence-corrected chi connectivity index (χ1v) is 7.14. The van der Waals surface area contributed by atoms with Crippen molar-refractivity contribution in [3.63, 3.8) is 0 Å². The van der Waals surface area contributed by atoms with Gasteiger partial charge in [0.15, 0.2) is 0 Å². The van der Waals surface area contributed by atoms with Crippen LogP contribution in [0.15, 0.2) is 48.5 Å². The monoisotopic (exact) mass is 300 g/mol. The second-order valence-corrected chi connectivity index (χ2v) is 4.74. The fourth-order valence-electron chi connectivity index (χ4n) is 2.33. The molecule has 0 aliphatic carbocycles. The first kappa shape index (κ1) is 15.9. The van der Waals surface area contributed by atoms with Crippen LogP contribution in [0.1, 0.15) is 24.0 Å².